The van der Waals surface area contributed by atoms with Gasteiger partial charge in [-0.1, -0.05) is 34.5 Å². The lowest BCUT2D eigenvalue weighted by Gasteiger charge is -2.21. The highest BCUT2D eigenvalue weighted by molar-refractivity contribution is 9.10. The molecule has 0 amide bonds. The van der Waals surface area contributed by atoms with Crippen molar-refractivity contribution in [2.24, 2.45) is 0 Å². The maximum atomic E-state index is 11.7. The van der Waals surface area contributed by atoms with Crippen LogP contribution in [-0.4, -0.2) is 18.6 Å². The van der Waals surface area contributed by atoms with Gasteiger partial charge in [-0.05, 0) is 37.1 Å². The minimum Gasteiger partial charge on any atom is -0.460 e. The van der Waals surface area contributed by atoms with Crippen LogP contribution in [0.25, 0.3) is 0 Å². The monoisotopic (exact) mass is 297 g/mol. The van der Waals surface area contributed by atoms with Crippen LogP contribution in [0.3, 0.4) is 0 Å². The summed E-state index contributed by atoms with van der Waals surface area (Å²) in [5, 5.41) is 3.18. The summed E-state index contributed by atoms with van der Waals surface area (Å²) in [7, 11) is 0. The second-order valence-electron chi connectivity index (χ2n) is 4.24. The van der Waals surface area contributed by atoms with Gasteiger partial charge in [-0.2, -0.15) is 0 Å². The van der Waals surface area contributed by atoms with Crippen LogP contribution >= 0.6 is 15.9 Å². The fourth-order valence-corrected chi connectivity index (χ4v) is 2.15. The Morgan fingerprint density at radius 3 is 2.76 bits per heavy atom. The molecule has 0 saturated carbocycles. The Morgan fingerprint density at radius 1 is 1.35 bits per heavy atom. The molecule has 1 saturated heterocycles. The van der Waals surface area contributed by atoms with Gasteiger partial charge in [0.25, 0.3) is 0 Å². The smallest absolute Gasteiger partial charge is 0.323 e. The lowest BCUT2D eigenvalue weighted by molar-refractivity contribution is -0.148. The number of carbonyl (C=O) groups excluding carboxylic acids is 1. The molecule has 2 rings (SSSR count). The molecule has 3 nitrogen and oxygen atoms in total. The summed E-state index contributed by atoms with van der Waals surface area (Å²) in [6.07, 6.45) is 3.14. The van der Waals surface area contributed by atoms with Gasteiger partial charge in [0.1, 0.15) is 12.6 Å². The molecular formula is C13H16BrNO2. The second kappa shape index (κ2) is 6.17. The van der Waals surface area contributed by atoms with Crippen LogP contribution in [0.4, 0.5) is 0 Å². The molecule has 1 N–H and O–H groups in total. The summed E-state index contributed by atoms with van der Waals surface area (Å²) in [5.41, 5.74) is 1.01. The Labute approximate surface area is 110 Å². The van der Waals surface area contributed by atoms with E-state index in [-0.39, 0.29) is 12.0 Å². The summed E-state index contributed by atoms with van der Waals surface area (Å²) in [6.45, 7) is 1.27. The highest BCUT2D eigenvalue weighted by Crippen LogP contribution is 2.13. The fourth-order valence-electron chi connectivity index (χ4n) is 1.89. The number of hydrogen-bond donors (Lipinski definition) is 1. The molecule has 0 spiro atoms. The van der Waals surface area contributed by atoms with Crippen LogP contribution in [0.15, 0.2) is 28.7 Å². The zero-order valence-corrected chi connectivity index (χ0v) is 11.2. The molecule has 1 atom stereocenters. The molecule has 0 aromatic heterocycles. The van der Waals surface area contributed by atoms with Crippen molar-refractivity contribution in [3.05, 3.63) is 34.3 Å². The molecule has 1 fully saturated rings. The van der Waals surface area contributed by atoms with E-state index in [1.54, 1.807) is 0 Å². The van der Waals surface area contributed by atoms with Gasteiger partial charge in [-0.15, -0.1) is 0 Å². The Balaban J connectivity index is 1.81. The Bertz CT molecular complexity index is 372. The van der Waals surface area contributed by atoms with E-state index in [0.717, 1.165) is 35.8 Å². The van der Waals surface area contributed by atoms with Gasteiger partial charge in [-0.3, -0.25) is 4.79 Å². The van der Waals surface area contributed by atoms with Crippen molar-refractivity contribution < 1.29 is 9.53 Å². The average Bonchev–Trinajstić information content (AvgIpc) is 2.39. The van der Waals surface area contributed by atoms with Gasteiger partial charge in [0.15, 0.2) is 0 Å². The third-order valence-electron chi connectivity index (χ3n) is 2.89. The summed E-state index contributed by atoms with van der Waals surface area (Å²) in [5.74, 6) is -0.132. The number of ether oxygens (including phenoxy) is 1. The number of piperidine rings is 1. The number of rotatable bonds is 3. The van der Waals surface area contributed by atoms with Gasteiger partial charge >= 0.3 is 5.97 Å². The van der Waals surface area contributed by atoms with Crippen LogP contribution < -0.4 is 5.32 Å². The van der Waals surface area contributed by atoms with E-state index in [4.69, 9.17) is 4.74 Å². The zero-order chi connectivity index (χ0) is 12.1. The van der Waals surface area contributed by atoms with E-state index in [1.807, 2.05) is 24.3 Å². The van der Waals surface area contributed by atoms with Crippen molar-refractivity contribution >= 4 is 21.9 Å². The fraction of sp³-hybridized carbons (Fsp3) is 0.462. The summed E-state index contributed by atoms with van der Waals surface area (Å²) in [4.78, 5) is 11.7. The average molecular weight is 298 g/mol. The van der Waals surface area contributed by atoms with Crippen molar-refractivity contribution in [3.8, 4) is 0 Å². The van der Waals surface area contributed by atoms with E-state index >= 15 is 0 Å². The first-order valence-corrected chi connectivity index (χ1v) is 6.69. The first kappa shape index (κ1) is 12.6. The third kappa shape index (κ3) is 3.82. The van der Waals surface area contributed by atoms with E-state index in [9.17, 15) is 4.79 Å². The zero-order valence-electron chi connectivity index (χ0n) is 9.62. The largest absolute Gasteiger partial charge is 0.460 e. The van der Waals surface area contributed by atoms with Crippen molar-refractivity contribution in [1.82, 2.24) is 5.32 Å². The normalized spacial score (nSPS) is 19.9. The molecule has 1 heterocycles. The molecule has 0 aliphatic carbocycles. The van der Waals surface area contributed by atoms with Gasteiger partial charge in [0.05, 0.1) is 0 Å². The van der Waals surface area contributed by atoms with Crippen LogP contribution in [0.5, 0.6) is 0 Å². The highest BCUT2D eigenvalue weighted by atomic mass is 79.9. The first-order valence-electron chi connectivity index (χ1n) is 5.90. The maximum absolute atomic E-state index is 11.7. The number of halogens is 1. The van der Waals surface area contributed by atoms with Crippen molar-refractivity contribution in [2.75, 3.05) is 6.54 Å². The molecular weight excluding hydrogens is 282 g/mol. The van der Waals surface area contributed by atoms with Gasteiger partial charge in [0.2, 0.25) is 0 Å². The molecule has 1 unspecified atom stereocenters. The van der Waals surface area contributed by atoms with E-state index in [2.05, 4.69) is 21.2 Å². The van der Waals surface area contributed by atoms with E-state index in [1.165, 1.54) is 0 Å². The quantitative estimate of drug-likeness (QED) is 0.872. The topological polar surface area (TPSA) is 38.3 Å². The maximum Gasteiger partial charge on any atom is 0.323 e. The molecule has 92 valence electrons. The number of carbonyl (C=O) groups is 1. The lowest BCUT2D eigenvalue weighted by Crippen LogP contribution is -2.41. The molecule has 0 bridgehead atoms. The minimum atomic E-state index is -0.132. The second-order valence-corrected chi connectivity index (χ2v) is 5.15. The summed E-state index contributed by atoms with van der Waals surface area (Å²) >= 11 is 3.37. The van der Waals surface area contributed by atoms with Crippen LogP contribution in [0, 0.1) is 0 Å². The molecule has 17 heavy (non-hydrogen) atoms. The number of benzene rings is 1. The van der Waals surface area contributed by atoms with Gasteiger partial charge < -0.3 is 10.1 Å². The summed E-state index contributed by atoms with van der Waals surface area (Å²) in [6, 6.07) is 7.68. The third-order valence-corrected chi connectivity index (χ3v) is 3.42. The molecule has 1 aromatic carbocycles. The van der Waals surface area contributed by atoms with Crippen LogP contribution in [0.1, 0.15) is 24.8 Å². The van der Waals surface area contributed by atoms with Crippen molar-refractivity contribution in [2.45, 2.75) is 31.9 Å². The SMILES string of the molecule is O=C(OCc1ccc(Br)cc1)C1CCCCN1. The molecule has 1 aliphatic heterocycles. The number of hydrogen-bond acceptors (Lipinski definition) is 3. The van der Waals surface area contributed by atoms with E-state index in [0.29, 0.717) is 6.61 Å². The predicted octanol–water partition coefficient (Wildman–Crippen LogP) is 2.63. The van der Waals surface area contributed by atoms with E-state index < -0.39 is 0 Å². The Kier molecular flexibility index (Phi) is 4.57. The minimum absolute atomic E-state index is 0.112. The molecule has 0 radical (unpaired) electrons. The number of nitrogens with one attached hydrogen (secondary N) is 1. The molecule has 1 aromatic rings. The molecule has 1 aliphatic rings. The van der Waals surface area contributed by atoms with Gasteiger partial charge in [0, 0.05) is 4.47 Å². The predicted molar refractivity (Wildman–Crippen MR) is 69.6 cm³/mol. The van der Waals surface area contributed by atoms with Crippen LogP contribution in [-0.2, 0) is 16.1 Å². The van der Waals surface area contributed by atoms with Crippen molar-refractivity contribution in [3.63, 3.8) is 0 Å². The van der Waals surface area contributed by atoms with Crippen LogP contribution in [0.2, 0.25) is 0 Å². The Morgan fingerprint density at radius 2 is 2.12 bits per heavy atom. The highest BCUT2D eigenvalue weighted by Gasteiger charge is 2.21. The lowest BCUT2D eigenvalue weighted by atomic mass is 10.1. The van der Waals surface area contributed by atoms with Crippen molar-refractivity contribution in [1.29, 1.82) is 0 Å². The number of esters is 1. The Hall–Kier alpha value is -0.870. The molecule has 4 heteroatoms. The first-order chi connectivity index (χ1) is 8.25. The standard InChI is InChI=1S/C13H16BrNO2/c14-11-6-4-10(5-7-11)9-17-13(16)12-3-1-2-8-15-12/h4-7,12,15H,1-3,8-9H2. The van der Waals surface area contributed by atoms with Gasteiger partial charge in [-0.25, -0.2) is 0 Å². The summed E-state index contributed by atoms with van der Waals surface area (Å²) < 4.78 is 6.32.